The standard InChI is InChI=1S/C17H21NO2S/c1-12-7-9-13(10-8-12)21-11-14(18)17-15(19-2)5-4-6-16(17)20-3/h4-10,14H,11,18H2,1-3H3. The lowest BCUT2D eigenvalue weighted by Crippen LogP contribution is -2.15. The second-order valence-corrected chi connectivity index (χ2v) is 5.90. The fourth-order valence-corrected chi connectivity index (χ4v) is 3.02. The Morgan fingerprint density at radius 1 is 1.00 bits per heavy atom. The Morgan fingerprint density at radius 2 is 1.57 bits per heavy atom. The number of thioether (sulfide) groups is 1. The summed E-state index contributed by atoms with van der Waals surface area (Å²) in [6.45, 7) is 2.08. The Bertz CT molecular complexity index is 562. The summed E-state index contributed by atoms with van der Waals surface area (Å²) in [5.74, 6) is 2.30. The molecule has 0 aromatic heterocycles. The Kier molecular flexibility index (Phi) is 5.53. The summed E-state index contributed by atoms with van der Waals surface area (Å²) in [5, 5.41) is 0. The van der Waals surface area contributed by atoms with Gasteiger partial charge in [0.1, 0.15) is 11.5 Å². The van der Waals surface area contributed by atoms with Gasteiger partial charge in [-0.1, -0.05) is 23.8 Å². The SMILES string of the molecule is COc1cccc(OC)c1C(N)CSc1ccc(C)cc1. The molecule has 0 aliphatic carbocycles. The minimum absolute atomic E-state index is 0.151. The second-order valence-electron chi connectivity index (χ2n) is 4.81. The number of rotatable bonds is 6. The molecule has 112 valence electrons. The van der Waals surface area contributed by atoms with Crippen LogP contribution in [0.1, 0.15) is 17.2 Å². The zero-order chi connectivity index (χ0) is 15.2. The predicted molar refractivity (Wildman–Crippen MR) is 88.4 cm³/mol. The van der Waals surface area contributed by atoms with Crippen molar-refractivity contribution in [3.8, 4) is 11.5 Å². The van der Waals surface area contributed by atoms with Crippen molar-refractivity contribution in [1.82, 2.24) is 0 Å². The van der Waals surface area contributed by atoms with Crippen LogP contribution in [-0.4, -0.2) is 20.0 Å². The molecule has 0 amide bonds. The Balaban J connectivity index is 2.12. The molecule has 0 saturated carbocycles. The van der Waals surface area contributed by atoms with Crippen LogP contribution >= 0.6 is 11.8 Å². The molecule has 1 atom stereocenters. The minimum Gasteiger partial charge on any atom is -0.496 e. The van der Waals surface area contributed by atoms with Gasteiger partial charge in [-0.05, 0) is 31.2 Å². The van der Waals surface area contributed by atoms with Gasteiger partial charge in [-0.2, -0.15) is 0 Å². The molecule has 2 aromatic rings. The van der Waals surface area contributed by atoms with Crippen molar-refractivity contribution in [1.29, 1.82) is 0 Å². The van der Waals surface area contributed by atoms with Crippen LogP contribution in [0.2, 0.25) is 0 Å². The quantitative estimate of drug-likeness (QED) is 0.824. The molecule has 1 unspecified atom stereocenters. The molecule has 0 heterocycles. The molecule has 0 bridgehead atoms. The molecule has 3 nitrogen and oxygen atoms in total. The highest BCUT2D eigenvalue weighted by molar-refractivity contribution is 7.99. The summed E-state index contributed by atoms with van der Waals surface area (Å²) in [4.78, 5) is 1.21. The zero-order valence-electron chi connectivity index (χ0n) is 12.6. The molecule has 0 spiro atoms. The molecule has 2 aromatic carbocycles. The third-order valence-corrected chi connectivity index (χ3v) is 4.42. The molecule has 0 saturated heterocycles. The second kappa shape index (κ2) is 7.38. The first-order chi connectivity index (χ1) is 10.2. The van der Waals surface area contributed by atoms with Gasteiger partial charge in [-0.3, -0.25) is 0 Å². The summed E-state index contributed by atoms with van der Waals surface area (Å²) in [5.41, 5.74) is 8.52. The first-order valence-corrected chi connectivity index (χ1v) is 7.80. The maximum absolute atomic E-state index is 6.34. The first-order valence-electron chi connectivity index (χ1n) is 6.81. The van der Waals surface area contributed by atoms with Crippen molar-refractivity contribution >= 4 is 11.8 Å². The van der Waals surface area contributed by atoms with E-state index in [0.717, 1.165) is 22.8 Å². The molecule has 0 aliphatic rings. The normalized spacial score (nSPS) is 12.0. The first kappa shape index (κ1) is 15.7. The van der Waals surface area contributed by atoms with E-state index in [9.17, 15) is 0 Å². The van der Waals surface area contributed by atoms with E-state index in [1.807, 2.05) is 18.2 Å². The van der Waals surface area contributed by atoms with Crippen LogP contribution in [0.25, 0.3) is 0 Å². The number of nitrogens with two attached hydrogens (primary N) is 1. The fourth-order valence-electron chi connectivity index (χ4n) is 2.15. The van der Waals surface area contributed by atoms with E-state index >= 15 is 0 Å². The van der Waals surface area contributed by atoms with Crippen LogP contribution in [0.15, 0.2) is 47.4 Å². The van der Waals surface area contributed by atoms with Crippen LogP contribution in [0.5, 0.6) is 11.5 Å². The summed E-state index contributed by atoms with van der Waals surface area (Å²) in [6.07, 6.45) is 0. The number of aryl methyl sites for hydroxylation is 1. The highest BCUT2D eigenvalue weighted by Crippen LogP contribution is 2.35. The molecule has 0 fully saturated rings. The van der Waals surface area contributed by atoms with Crippen molar-refractivity contribution in [2.24, 2.45) is 5.73 Å². The van der Waals surface area contributed by atoms with Crippen molar-refractivity contribution in [3.05, 3.63) is 53.6 Å². The molecule has 21 heavy (non-hydrogen) atoms. The van der Waals surface area contributed by atoms with Gasteiger partial charge in [0.05, 0.1) is 19.8 Å². The third-order valence-electron chi connectivity index (χ3n) is 3.29. The smallest absolute Gasteiger partial charge is 0.127 e. The highest BCUT2D eigenvalue weighted by atomic mass is 32.2. The van der Waals surface area contributed by atoms with Crippen molar-refractivity contribution in [2.75, 3.05) is 20.0 Å². The largest absolute Gasteiger partial charge is 0.496 e. The molecule has 4 heteroatoms. The lowest BCUT2D eigenvalue weighted by Gasteiger charge is -2.18. The summed E-state index contributed by atoms with van der Waals surface area (Å²) in [7, 11) is 3.30. The topological polar surface area (TPSA) is 44.5 Å². The van der Waals surface area contributed by atoms with Gasteiger partial charge >= 0.3 is 0 Å². The summed E-state index contributed by atoms with van der Waals surface area (Å²) >= 11 is 1.73. The van der Waals surface area contributed by atoms with Gasteiger partial charge in [0.25, 0.3) is 0 Å². The average molecular weight is 303 g/mol. The Labute approximate surface area is 130 Å². The number of hydrogen-bond acceptors (Lipinski definition) is 4. The van der Waals surface area contributed by atoms with Gasteiger partial charge in [0.15, 0.2) is 0 Å². The maximum Gasteiger partial charge on any atom is 0.127 e. The van der Waals surface area contributed by atoms with E-state index in [1.54, 1.807) is 26.0 Å². The van der Waals surface area contributed by atoms with Crippen LogP contribution in [0.3, 0.4) is 0 Å². The van der Waals surface area contributed by atoms with E-state index in [-0.39, 0.29) is 6.04 Å². The molecule has 2 rings (SSSR count). The van der Waals surface area contributed by atoms with E-state index in [1.165, 1.54) is 10.5 Å². The number of hydrogen-bond donors (Lipinski definition) is 1. The van der Waals surface area contributed by atoms with Crippen molar-refractivity contribution in [2.45, 2.75) is 17.9 Å². The van der Waals surface area contributed by atoms with E-state index in [4.69, 9.17) is 15.2 Å². The van der Waals surface area contributed by atoms with E-state index in [2.05, 4.69) is 31.2 Å². The molecule has 2 N–H and O–H groups in total. The maximum atomic E-state index is 6.34. The lowest BCUT2D eigenvalue weighted by molar-refractivity contribution is 0.381. The van der Waals surface area contributed by atoms with Crippen molar-refractivity contribution in [3.63, 3.8) is 0 Å². The van der Waals surface area contributed by atoms with Crippen molar-refractivity contribution < 1.29 is 9.47 Å². The molecular weight excluding hydrogens is 282 g/mol. The van der Waals surface area contributed by atoms with E-state index in [0.29, 0.717) is 0 Å². The summed E-state index contributed by atoms with van der Waals surface area (Å²) < 4.78 is 10.8. The molecule has 0 radical (unpaired) electrons. The van der Waals surface area contributed by atoms with Gasteiger partial charge in [0.2, 0.25) is 0 Å². The number of ether oxygens (including phenoxy) is 2. The number of methoxy groups -OCH3 is 2. The zero-order valence-corrected chi connectivity index (χ0v) is 13.4. The molecular formula is C17H21NO2S. The third kappa shape index (κ3) is 3.93. The summed E-state index contributed by atoms with van der Waals surface area (Å²) in [6, 6.07) is 14.0. The van der Waals surface area contributed by atoms with Gasteiger partial charge in [-0.25, -0.2) is 0 Å². The highest BCUT2D eigenvalue weighted by Gasteiger charge is 2.17. The predicted octanol–water partition coefficient (Wildman–Crippen LogP) is 3.80. The Morgan fingerprint density at radius 3 is 2.10 bits per heavy atom. The monoisotopic (exact) mass is 303 g/mol. The molecule has 0 aliphatic heterocycles. The fraction of sp³-hybridized carbons (Fsp3) is 0.294. The number of benzene rings is 2. The average Bonchev–Trinajstić information content (AvgIpc) is 2.53. The van der Waals surface area contributed by atoms with E-state index < -0.39 is 0 Å². The minimum atomic E-state index is -0.151. The van der Waals surface area contributed by atoms with Crippen LogP contribution in [0.4, 0.5) is 0 Å². The van der Waals surface area contributed by atoms with Crippen LogP contribution in [0, 0.1) is 6.92 Å². The van der Waals surface area contributed by atoms with Gasteiger partial charge in [0, 0.05) is 16.7 Å². The lowest BCUT2D eigenvalue weighted by atomic mass is 10.1. The Hall–Kier alpha value is -1.65. The van der Waals surface area contributed by atoms with Gasteiger partial charge in [-0.15, -0.1) is 11.8 Å². The van der Waals surface area contributed by atoms with Crippen LogP contribution in [-0.2, 0) is 0 Å². The van der Waals surface area contributed by atoms with Gasteiger partial charge < -0.3 is 15.2 Å². The van der Waals surface area contributed by atoms with Crippen LogP contribution < -0.4 is 15.2 Å².